The number of guanidine groups is 1. The Morgan fingerprint density at radius 2 is 1.55 bits per heavy atom. The summed E-state index contributed by atoms with van der Waals surface area (Å²) in [6.45, 7) is 0. The molecule has 20 heavy (non-hydrogen) atoms. The van der Waals surface area contributed by atoms with Crippen molar-refractivity contribution in [1.29, 1.82) is 0 Å². The van der Waals surface area contributed by atoms with Crippen molar-refractivity contribution in [2.24, 2.45) is 16.5 Å². The van der Waals surface area contributed by atoms with E-state index in [2.05, 4.69) is 10.3 Å². The van der Waals surface area contributed by atoms with E-state index in [1.807, 2.05) is 30.3 Å². The Kier molecular flexibility index (Phi) is 5.56. The number of rotatable bonds is 3. The smallest absolute Gasteiger partial charge is 0.255 e. The number of nitrogens with zero attached hydrogens (tertiary/aromatic N) is 1. The number of hydrogen-bond acceptors (Lipinski definition) is 2. The Bertz CT molecular complexity index is 592. The summed E-state index contributed by atoms with van der Waals surface area (Å²) >= 11 is 0. The number of aliphatic imine (C=N–C) groups is 1. The van der Waals surface area contributed by atoms with E-state index in [0.29, 0.717) is 11.3 Å². The van der Waals surface area contributed by atoms with Gasteiger partial charge in [0.15, 0.2) is 5.96 Å². The maximum absolute atomic E-state index is 12.0. The van der Waals surface area contributed by atoms with Crippen molar-refractivity contribution in [2.45, 2.75) is 0 Å². The first kappa shape index (κ1) is 15.5. The Balaban J connectivity index is 0.00000200. The average molecular weight is 291 g/mol. The second-order valence-corrected chi connectivity index (χ2v) is 3.90. The minimum absolute atomic E-state index is 0. The number of para-hydroxylation sites is 1. The lowest BCUT2D eigenvalue weighted by Crippen LogP contribution is -2.21. The van der Waals surface area contributed by atoms with Crippen LogP contribution in [-0.4, -0.2) is 11.9 Å². The third kappa shape index (κ3) is 4.29. The SMILES string of the molecule is Cl.NC(N)=Nc1ccc(C(=O)Nc2ccccc2)cc1. The van der Waals surface area contributed by atoms with Gasteiger partial charge in [-0.3, -0.25) is 4.79 Å². The molecule has 0 heterocycles. The van der Waals surface area contributed by atoms with Crippen molar-refractivity contribution in [3.63, 3.8) is 0 Å². The highest BCUT2D eigenvalue weighted by molar-refractivity contribution is 6.04. The van der Waals surface area contributed by atoms with Crippen LogP contribution in [0.1, 0.15) is 10.4 Å². The molecule has 0 spiro atoms. The first-order chi connectivity index (χ1) is 9.15. The number of amides is 1. The average Bonchev–Trinajstić information content (AvgIpc) is 2.40. The van der Waals surface area contributed by atoms with Crippen molar-refractivity contribution in [1.82, 2.24) is 0 Å². The van der Waals surface area contributed by atoms with E-state index in [9.17, 15) is 4.79 Å². The molecule has 104 valence electrons. The lowest BCUT2D eigenvalue weighted by atomic mass is 10.2. The van der Waals surface area contributed by atoms with Crippen LogP contribution in [0.25, 0.3) is 0 Å². The van der Waals surface area contributed by atoms with Crippen molar-refractivity contribution in [3.8, 4) is 0 Å². The van der Waals surface area contributed by atoms with Gasteiger partial charge in [-0.1, -0.05) is 18.2 Å². The van der Waals surface area contributed by atoms with Crippen molar-refractivity contribution >= 4 is 35.6 Å². The van der Waals surface area contributed by atoms with Crippen LogP contribution in [-0.2, 0) is 0 Å². The molecule has 0 aliphatic heterocycles. The highest BCUT2D eigenvalue weighted by Gasteiger charge is 2.05. The molecule has 5 nitrogen and oxygen atoms in total. The maximum Gasteiger partial charge on any atom is 0.255 e. The van der Waals surface area contributed by atoms with Crippen LogP contribution < -0.4 is 16.8 Å². The van der Waals surface area contributed by atoms with Gasteiger partial charge < -0.3 is 16.8 Å². The Morgan fingerprint density at radius 3 is 2.10 bits per heavy atom. The lowest BCUT2D eigenvalue weighted by molar-refractivity contribution is 0.102. The summed E-state index contributed by atoms with van der Waals surface area (Å²) in [5.74, 6) is -0.191. The Hall–Kier alpha value is -2.53. The molecule has 0 bridgehead atoms. The van der Waals surface area contributed by atoms with Crippen molar-refractivity contribution in [3.05, 3.63) is 60.2 Å². The van der Waals surface area contributed by atoms with Gasteiger partial charge in [-0.25, -0.2) is 4.99 Å². The molecule has 0 atom stereocenters. The van der Waals surface area contributed by atoms with Gasteiger partial charge in [0.05, 0.1) is 5.69 Å². The van der Waals surface area contributed by atoms with Gasteiger partial charge in [-0.2, -0.15) is 0 Å². The van der Waals surface area contributed by atoms with Gasteiger partial charge in [0.25, 0.3) is 5.91 Å². The molecule has 5 N–H and O–H groups in total. The van der Waals surface area contributed by atoms with E-state index >= 15 is 0 Å². The molecule has 2 aromatic rings. The van der Waals surface area contributed by atoms with E-state index in [-0.39, 0.29) is 24.3 Å². The summed E-state index contributed by atoms with van der Waals surface area (Å²) < 4.78 is 0. The second kappa shape index (κ2) is 7.16. The molecule has 0 unspecified atom stereocenters. The van der Waals surface area contributed by atoms with Gasteiger partial charge in [0.1, 0.15) is 0 Å². The fraction of sp³-hybridized carbons (Fsp3) is 0. The summed E-state index contributed by atoms with van der Waals surface area (Å²) in [5, 5.41) is 2.79. The summed E-state index contributed by atoms with van der Waals surface area (Å²) in [7, 11) is 0. The minimum Gasteiger partial charge on any atom is -0.370 e. The first-order valence-electron chi connectivity index (χ1n) is 5.71. The quantitative estimate of drug-likeness (QED) is 0.598. The van der Waals surface area contributed by atoms with Crippen LogP contribution in [0.4, 0.5) is 11.4 Å². The maximum atomic E-state index is 12.0. The van der Waals surface area contributed by atoms with Gasteiger partial charge in [0, 0.05) is 11.3 Å². The number of nitrogens with two attached hydrogens (primary N) is 2. The number of hydrogen-bond donors (Lipinski definition) is 3. The van der Waals surface area contributed by atoms with Crippen LogP contribution in [0.5, 0.6) is 0 Å². The van der Waals surface area contributed by atoms with Crippen LogP contribution in [0.3, 0.4) is 0 Å². The predicted molar refractivity (Wildman–Crippen MR) is 83.6 cm³/mol. The number of carbonyl (C=O) groups is 1. The minimum atomic E-state index is -0.178. The van der Waals surface area contributed by atoms with Gasteiger partial charge >= 0.3 is 0 Å². The summed E-state index contributed by atoms with van der Waals surface area (Å²) in [6.07, 6.45) is 0. The van der Waals surface area contributed by atoms with E-state index in [1.54, 1.807) is 24.3 Å². The van der Waals surface area contributed by atoms with E-state index in [0.717, 1.165) is 5.69 Å². The summed E-state index contributed by atoms with van der Waals surface area (Å²) in [5.41, 5.74) is 12.4. The molecule has 6 heteroatoms. The van der Waals surface area contributed by atoms with Crippen LogP contribution >= 0.6 is 12.4 Å². The predicted octanol–water partition coefficient (Wildman–Crippen LogP) is 2.27. The number of anilines is 1. The van der Waals surface area contributed by atoms with Crippen molar-refractivity contribution < 1.29 is 4.79 Å². The lowest BCUT2D eigenvalue weighted by Gasteiger charge is -2.05. The zero-order chi connectivity index (χ0) is 13.7. The molecule has 0 aliphatic carbocycles. The van der Waals surface area contributed by atoms with Crippen LogP contribution in [0, 0.1) is 0 Å². The number of carbonyl (C=O) groups excluding carboxylic acids is 1. The normalized spacial score (nSPS) is 9.20. The number of nitrogens with one attached hydrogen (secondary N) is 1. The monoisotopic (exact) mass is 290 g/mol. The number of benzene rings is 2. The fourth-order valence-corrected chi connectivity index (χ4v) is 1.56. The zero-order valence-electron chi connectivity index (χ0n) is 10.6. The van der Waals surface area contributed by atoms with Gasteiger partial charge in [-0.05, 0) is 36.4 Å². The first-order valence-corrected chi connectivity index (χ1v) is 5.71. The van der Waals surface area contributed by atoms with Gasteiger partial charge in [0.2, 0.25) is 0 Å². The fourth-order valence-electron chi connectivity index (χ4n) is 1.56. The van der Waals surface area contributed by atoms with Crippen molar-refractivity contribution in [2.75, 3.05) is 5.32 Å². The summed E-state index contributed by atoms with van der Waals surface area (Å²) in [6, 6.07) is 15.9. The highest BCUT2D eigenvalue weighted by Crippen LogP contribution is 2.14. The molecule has 0 saturated carbocycles. The highest BCUT2D eigenvalue weighted by atomic mass is 35.5. The van der Waals surface area contributed by atoms with E-state index in [4.69, 9.17) is 11.5 Å². The van der Waals surface area contributed by atoms with Crippen LogP contribution in [0.15, 0.2) is 59.6 Å². The third-order valence-electron chi connectivity index (χ3n) is 2.42. The largest absolute Gasteiger partial charge is 0.370 e. The molecule has 0 radical (unpaired) electrons. The number of halogens is 1. The summed E-state index contributed by atoms with van der Waals surface area (Å²) in [4.78, 5) is 15.8. The molecule has 0 aliphatic rings. The van der Waals surface area contributed by atoms with E-state index < -0.39 is 0 Å². The Labute approximate surface area is 123 Å². The molecule has 0 fully saturated rings. The Morgan fingerprint density at radius 1 is 0.950 bits per heavy atom. The molecular formula is C14H15ClN4O. The topological polar surface area (TPSA) is 93.5 Å². The molecule has 2 aromatic carbocycles. The van der Waals surface area contributed by atoms with E-state index in [1.165, 1.54) is 0 Å². The molecule has 2 rings (SSSR count). The molecular weight excluding hydrogens is 276 g/mol. The zero-order valence-corrected chi connectivity index (χ0v) is 11.4. The second-order valence-electron chi connectivity index (χ2n) is 3.90. The molecule has 1 amide bonds. The van der Waals surface area contributed by atoms with Crippen LogP contribution in [0.2, 0.25) is 0 Å². The molecule has 0 saturated heterocycles. The van der Waals surface area contributed by atoms with Gasteiger partial charge in [-0.15, -0.1) is 12.4 Å². The third-order valence-corrected chi connectivity index (χ3v) is 2.42. The standard InChI is InChI=1S/C14H14N4O.ClH/c15-14(16)18-12-8-6-10(7-9-12)13(19)17-11-4-2-1-3-5-11;/h1-9H,(H,17,19)(H4,15,16,18);1H. The molecule has 0 aromatic heterocycles.